The van der Waals surface area contributed by atoms with Gasteiger partial charge < -0.3 is 20.9 Å². The summed E-state index contributed by atoms with van der Waals surface area (Å²) in [7, 11) is 2.13. The minimum absolute atomic E-state index is 0.0123. The second-order valence-electron chi connectivity index (χ2n) is 5.59. The number of rotatable bonds is 2. The molecule has 2 saturated heterocycles. The largest absolute Gasteiger partial charge is 0.335 e. The third-order valence-corrected chi connectivity index (χ3v) is 3.94. The lowest BCUT2D eigenvalue weighted by Crippen LogP contribution is -2.51. The normalized spacial score (nSPS) is 27.5. The van der Waals surface area contributed by atoms with Crippen LogP contribution in [0.25, 0.3) is 0 Å². The Morgan fingerprint density at radius 3 is 2.61 bits per heavy atom. The maximum absolute atomic E-state index is 11.9. The van der Waals surface area contributed by atoms with Crippen molar-refractivity contribution < 1.29 is 4.79 Å². The van der Waals surface area contributed by atoms with Crippen molar-refractivity contribution in [1.82, 2.24) is 20.9 Å². The van der Waals surface area contributed by atoms with Crippen molar-refractivity contribution >= 4 is 6.03 Å². The van der Waals surface area contributed by atoms with Crippen LogP contribution in [-0.4, -0.2) is 56.2 Å². The van der Waals surface area contributed by atoms with Gasteiger partial charge >= 0.3 is 6.03 Å². The molecule has 0 saturated carbocycles. The van der Waals surface area contributed by atoms with Gasteiger partial charge in [-0.25, -0.2) is 4.79 Å². The highest BCUT2D eigenvalue weighted by Gasteiger charge is 2.20. The van der Waals surface area contributed by atoms with E-state index in [2.05, 4.69) is 27.9 Å². The zero-order valence-electron chi connectivity index (χ0n) is 11.4. The molecule has 0 bridgehead atoms. The Hall–Kier alpha value is -0.810. The number of amides is 2. The van der Waals surface area contributed by atoms with Gasteiger partial charge in [0, 0.05) is 18.6 Å². The summed E-state index contributed by atoms with van der Waals surface area (Å²) >= 11 is 0. The van der Waals surface area contributed by atoms with Crippen LogP contribution in [0.5, 0.6) is 0 Å². The number of carbonyl (C=O) groups excluding carboxylic acids is 1. The van der Waals surface area contributed by atoms with Gasteiger partial charge in [0.15, 0.2) is 0 Å². The lowest BCUT2D eigenvalue weighted by Gasteiger charge is -2.30. The number of likely N-dealkylation sites (tertiary alicyclic amines) is 1. The van der Waals surface area contributed by atoms with E-state index in [1.165, 1.54) is 12.8 Å². The Kier molecular flexibility index (Phi) is 5.26. The molecule has 1 unspecified atom stereocenters. The van der Waals surface area contributed by atoms with Crippen molar-refractivity contribution in [3.05, 3.63) is 0 Å². The van der Waals surface area contributed by atoms with Crippen LogP contribution in [0.15, 0.2) is 0 Å². The summed E-state index contributed by atoms with van der Waals surface area (Å²) in [6.07, 6.45) is 5.63. The van der Waals surface area contributed by atoms with Crippen LogP contribution in [0.3, 0.4) is 0 Å². The van der Waals surface area contributed by atoms with E-state index in [1.807, 2.05) is 0 Å². The third-order valence-electron chi connectivity index (χ3n) is 3.94. The fourth-order valence-corrected chi connectivity index (χ4v) is 2.71. The number of carbonyl (C=O) groups is 1. The molecule has 0 aliphatic carbocycles. The smallest absolute Gasteiger partial charge is 0.315 e. The molecule has 2 amide bonds. The van der Waals surface area contributed by atoms with Gasteiger partial charge in [0.05, 0.1) is 0 Å². The van der Waals surface area contributed by atoms with E-state index in [0.29, 0.717) is 12.1 Å². The molecule has 2 aliphatic rings. The van der Waals surface area contributed by atoms with E-state index in [4.69, 9.17) is 0 Å². The first-order valence-corrected chi connectivity index (χ1v) is 7.20. The van der Waals surface area contributed by atoms with Crippen molar-refractivity contribution in [3.63, 3.8) is 0 Å². The van der Waals surface area contributed by atoms with E-state index in [-0.39, 0.29) is 6.03 Å². The summed E-state index contributed by atoms with van der Waals surface area (Å²) in [5.41, 5.74) is 0. The molecule has 18 heavy (non-hydrogen) atoms. The molecule has 0 aromatic heterocycles. The number of nitrogens with one attached hydrogen (secondary N) is 3. The average molecular weight is 254 g/mol. The standard InChI is InChI=1S/C13H26N4O/c1-17-8-5-11(6-9-17)15-13(18)16-12-4-2-3-7-14-10-12/h11-12,14H,2-10H2,1H3,(H2,15,16,18). The zero-order chi connectivity index (χ0) is 12.8. The van der Waals surface area contributed by atoms with Crippen molar-refractivity contribution in [3.8, 4) is 0 Å². The van der Waals surface area contributed by atoms with Crippen LogP contribution in [0.1, 0.15) is 32.1 Å². The number of urea groups is 1. The molecule has 2 rings (SSSR count). The molecule has 0 spiro atoms. The second kappa shape index (κ2) is 6.95. The summed E-state index contributed by atoms with van der Waals surface area (Å²) in [5.74, 6) is 0. The fraction of sp³-hybridized carbons (Fsp3) is 0.923. The first kappa shape index (κ1) is 13.6. The molecule has 2 fully saturated rings. The number of hydrogen-bond donors (Lipinski definition) is 3. The molecule has 0 aromatic rings. The summed E-state index contributed by atoms with van der Waals surface area (Å²) in [6.45, 7) is 4.14. The molecule has 1 atom stereocenters. The van der Waals surface area contributed by atoms with Crippen LogP contribution in [0.2, 0.25) is 0 Å². The van der Waals surface area contributed by atoms with Gasteiger partial charge in [0.2, 0.25) is 0 Å². The van der Waals surface area contributed by atoms with E-state index in [0.717, 1.165) is 45.4 Å². The molecule has 5 nitrogen and oxygen atoms in total. The molecule has 0 radical (unpaired) electrons. The van der Waals surface area contributed by atoms with Gasteiger partial charge in [-0.1, -0.05) is 6.42 Å². The van der Waals surface area contributed by atoms with Crippen molar-refractivity contribution in [1.29, 1.82) is 0 Å². The average Bonchev–Trinajstić information content (AvgIpc) is 2.61. The minimum atomic E-state index is 0.0123. The molecular formula is C13H26N4O. The minimum Gasteiger partial charge on any atom is -0.335 e. The first-order valence-electron chi connectivity index (χ1n) is 7.20. The Balaban J connectivity index is 1.67. The predicted octanol–water partition coefficient (Wildman–Crippen LogP) is 0.522. The maximum Gasteiger partial charge on any atom is 0.315 e. The number of hydrogen-bond acceptors (Lipinski definition) is 3. The van der Waals surface area contributed by atoms with E-state index in [1.54, 1.807) is 0 Å². The zero-order valence-corrected chi connectivity index (χ0v) is 11.4. The highest BCUT2D eigenvalue weighted by atomic mass is 16.2. The molecular weight excluding hydrogens is 228 g/mol. The second-order valence-corrected chi connectivity index (χ2v) is 5.59. The molecule has 2 heterocycles. The van der Waals surface area contributed by atoms with Crippen molar-refractivity contribution in [2.24, 2.45) is 0 Å². The lowest BCUT2D eigenvalue weighted by atomic mass is 10.1. The van der Waals surface area contributed by atoms with Gasteiger partial charge in [-0.15, -0.1) is 0 Å². The Morgan fingerprint density at radius 2 is 1.83 bits per heavy atom. The van der Waals surface area contributed by atoms with Crippen LogP contribution in [0.4, 0.5) is 4.79 Å². The fourth-order valence-electron chi connectivity index (χ4n) is 2.71. The number of nitrogens with zero attached hydrogens (tertiary/aromatic N) is 1. The van der Waals surface area contributed by atoms with E-state index in [9.17, 15) is 4.79 Å². The van der Waals surface area contributed by atoms with E-state index >= 15 is 0 Å². The van der Waals surface area contributed by atoms with Gasteiger partial charge in [0.1, 0.15) is 0 Å². The predicted molar refractivity (Wildman–Crippen MR) is 72.7 cm³/mol. The van der Waals surface area contributed by atoms with Crippen LogP contribution in [0, 0.1) is 0 Å². The van der Waals surface area contributed by atoms with Crippen LogP contribution < -0.4 is 16.0 Å². The third kappa shape index (κ3) is 4.46. The van der Waals surface area contributed by atoms with Crippen molar-refractivity contribution in [2.45, 2.75) is 44.2 Å². The van der Waals surface area contributed by atoms with Crippen molar-refractivity contribution in [2.75, 3.05) is 33.2 Å². The molecule has 0 aromatic carbocycles. The Morgan fingerprint density at radius 1 is 1.11 bits per heavy atom. The molecule has 3 N–H and O–H groups in total. The molecule has 5 heteroatoms. The quantitative estimate of drug-likeness (QED) is 0.673. The van der Waals surface area contributed by atoms with Gasteiger partial charge in [-0.2, -0.15) is 0 Å². The Labute approximate surface area is 110 Å². The lowest BCUT2D eigenvalue weighted by molar-refractivity contribution is 0.211. The number of piperidine rings is 1. The maximum atomic E-state index is 11.9. The summed E-state index contributed by atoms with van der Waals surface area (Å²) < 4.78 is 0. The summed E-state index contributed by atoms with van der Waals surface area (Å²) in [4.78, 5) is 14.2. The molecule has 2 aliphatic heterocycles. The first-order chi connectivity index (χ1) is 8.74. The van der Waals surface area contributed by atoms with Gasteiger partial charge in [-0.3, -0.25) is 0 Å². The van der Waals surface area contributed by atoms with Gasteiger partial charge in [0.25, 0.3) is 0 Å². The Bertz CT molecular complexity index is 256. The van der Waals surface area contributed by atoms with Gasteiger partial charge in [-0.05, 0) is 52.4 Å². The summed E-state index contributed by atoms with van der Waals surface area (Å²) in [6, 6.07) is 0.650. The highest BCUT2D eigenvalue weighted by Crippen LogP contribution is 2.08. The monoisotopic (exact) mass is 254 g/mol. The van der Waals surface area contributed by atoms with Crippen LogP contribution >= 0.6 is 0 Å². The molecule has 104 valence electrons. The highest BCUT2D eigenvalue weighted by molar-refractivity contribution is 5.74. The van der Waals surface area contributed by atoms with Crippen LogP contribution in [-0.2, 0) is 0 Å². The SMILES string of the molecule is CN1CCC(NC(=O)NC2CCCCNC2)CC1. The topological polar surface area (TPSA) is 56.4 Å². The summed E-state index contributed by atoms with van der Waals surface area (Å²) in [5, 5.41) is 9.56. The van der Waals surface area contributed by atoms with E-state index < -0.39 is 0 Å².